The Morgan fingerprint density at radius 1 is 0.714 bits per heavy atom. The van der Waals surface area contributed by atoms with Gasteiger partial charge in [0.25, 0.3) is 0 Å². The van der Waals surface area contributed by atoms with Gasteiger partial charge in [0.2, 0.25) is 0 Å². The maximum Gasteiger partial charge on any atom is 0.138 e. The molecule has 0 aliphatic rings. The van der Waals surface area contributed by atoms with Crippen LogP contribution >= 0.6 is 0 Å². The number of pyridine rings is 3. The number of aromatic nitrogens is 5. The first-order valence-electron chi connectivity index (χ1n) is 8.89. The number of aromatic amines is 1. The average molecular weight is 364 g/mol. The summed E-state index contributed by atoms with van der Waals surface area (Å²) in [7, 11) is 0. The first-order valence-corrected chi connectivity index (χ1v) is 8.89. The molecule has 2 N–H and O–H groups in total. The van der Waals surface area contributed by atoms with Gasteiger partial charge in [-0.25, -0.2) is 9.97 Å². The molecule has 0 atom stereocenters. The number of benzene rings is 1. The van der Waals surface area contributed by atoms with Crippen molar-refractivity contribution in [2.24, 2.45) is 0 Å². The van der Waals surface area contributed by atoms with Crippen molar-refractivity contribution in [3.05, 3.63) is 85.6 Å². The lowest BCUT2D eigenvalue weighted by molar-refractivity contribution is 1.28. The zero-order chi connectivity index (χ0) is 18.8. The largest absolute Gasteiger partial charge is 0.340 e. The van der Waals surface area contributed by atoms with Gasteiger partial charge in [0, 0.05) is 47.8 Å². The Labute approximate surface area is 161 Å². The van der Waals surface area contributed by atoms with E-state index in [0.717, 1.165) is 45.1 Å². The molecular weight excluding hydrogens is 348 g/mol. The number of anilines is 2. The molecule has 0 fully saturated rings. The number of nitrogens with zero attached hydrogens (tertiary/aromatic N) is 4. The monoisotopic (exact) mass is 364 g/mol. The van der Waals surface area contributed by atoms with E-state index in [4.69, 9.17) is 0 Å². The highest BCUT2D eigenvalue weighted by atomic mass is 15.0. The number of hydrogen-bond donors (Lipinski definition) is 2. The Bertz CT molecular complexity index is 1210. The van der Waals surface area contributed by atoms with E-state index in [0.29, 0.717) is 0 Å². The summed E-state index contributed by atoms with van der Waals surface area (Å²) in [6, 6.07) is 17.9. The third kappa shape index (κ3) is 3.19. The molecule has 0 radical (unpaired) electrons. The van der Waals surface area contributed by atoms with Crippen molar-refractivity contribution >= 4 is 22.5 Å². The first-order chi connectivity index (χ1) is 13.8. The molecule has 0 aliphatic heterocycles. The zero-order valence-electron chi connectivity index (χ0n) is 14.9. The van der Waals surface area contributed by atoms with Crippen LogP contribution in [0.3, 0.4) is 0 Å². The molecular formula is C22H16N6. The van der Waals surface area contributed by atoms with Crippen molar-refractivity contribution in [1.82, 2.24) is 24.9 Å². The predicted molar refractivity (Wildman–Crippen MR) is 110 cm³/mol. The standard InChI is InChI=1S/C22H16N6/c1-3-19-20(28-22(27-19)15-5-9-23-10-6-15)13-16(1)17-2-4-21(25-14-17)26-18-7-11-24-12-8-18/h1-14H,(H,27,28)(H,24,25,26). The summed E-state index contributed by atoms with van der Waals surface area (Å²) in [6.45, 7) is 0. The minimum Gasteiger partial charge on any atom is -0.340 e. The summed E-state index contributed by atoms with van der Waals surface area (Å²) in [5.41, 5.74) is 6.02. The summed E-state index contributed by atoms with van der Waals surface area (Å²) >= 11 is 0. The van der Waals surface area contributed by atoms with Crippen LogP contribution in [0.5, 0.6) is 0 Å². The molecule has 0 spiro atoms. The Hall–Kier alpha value is -4.06. The van der Waals surface area contributed by atoms with Crippen LogP contribution in [0.2, 0.25) is 0 Å². The van der Waals surface area contributed by atoms with Gasteiger partial charge < -0.3 is 10.3 Å². The second kappa shape index (κ2) is 6.92. The molecule has 6 heteroatoms. The van der Waals surface area contributed by atoms with E-state index in [2.05, 4.69) is 48.4 Å². The molecule has 4 aromatic heterocycles. The summed E-state index contributed by atoms with van der Waals surface area (Å²) < 4.78 is 0. The Morgan fingerprint density at radius 3 is 2.21 bits per heavy atom. The second-order valence-corrected chi connectivity index (χ2v) is 6.35. The molecule has 0 saturated heterocycles. The SMILES string of the molecule is c1cc(Nc2ccc(-c3ccc4nc(-c5ccncc5)[nH]c4c3)cn2)ccn1. The maximum atomic E-state index is 4.66. The highest BCUT2D eigenvalue weighted by Gasteiger charge is 2.07. The van der Waals surface area contributed by atoms with Gasteiger partial charge in [0.05, 0.1) is 11.0 Å². The predicted octanol–water partition coefficient (Wildman–Crippen LogP) is 4.83. The van der Waals surface area contributed by atoms with Gasteiger partial charge in [-0.3, -0.25) is 9.97 Å². The Morgan fingerprint density at radius 2 is 1.46 bits per heavy atom. The molecule has 4 heterocycles. The third-order valence-corrected chi connectivity index (χ3v) is 4.49. The normalized spacial score (nSPS) is 10.9. The van der Waals surface area contributed by atoms with Crippen molar-refractivity contribution < 1.29 is 0 Å². The quantitative estimate of drug-likeness (QED) is 0.478. The third-order valence-electron chi connectivity index (χ3n) is 4.49. The van der Waals surface area contributed by atoms with Crippen LogP contribution in [0.1, 0.15) is 0 Å². The van der Waals surface area contributed by atoms with Crippen LogP contribution in [0, 0.1) is 0 Å². The molecule has 0 aliphatic carbocycles. The van der Waals surface area contributed by atoms with Gasteiger partial charge in [-0.2, -0.15) is 0 Å². The van der Waals surface area contributed by atoms with Gasteiger partial charge >= 0.3 is 0 Å². The number of hydrogen-bond acceptors (Lipinski definition) is 5. The van der Waals surface area contributed by atoms with Crippen molar-refractivity contribution in [1.29, 1.82) is 0 Å². The second-order valence-electron chi connectivity index (χ2n) is 6.35. The number of H-pyrrole nitrogens is 1. The topological polar surface area (TPSA) is 79.4 Å². The highest BCUT2D eigenvalue weighted by Crippen LogP contribution is 2.26. The summed E-state index contributed by atoms with van der Waals surface area (Å²) in [5.74, 6) is 1.63. The van der Waals surface area contributed by atoms with Crippen LogP contribution in [0.15, 0.2) is 85.6 Å². The van der Waals surface area contributed by atoms with Gasteiger partial charge in [0.1, 0.15) is 11.6 Å². The van der Waals surface area contributed by atoms with Crippen LogP contribution < -0.4 is 5.32 Å². The minimum absolute atomic E-state index is 0.789. The van der Waals surface area contributed by atoms with E-state index in [1.807, 2.05) is 42.6 Å². The molecule has 0 bridgehead atoms. The molecule has 0 saturated carbocycles. The van der Waals surface area contributed by atoms with Crippen LogP contribution in [-0.2, 0) is 0 Å². The summed E-state index contributed by atoms with van der Waals surface area (Å²) in [4.78, 5) is 20.6. The lowest BCUT2D eigenvalue weighted by Crippen LogP contribution is -1.93. The molecule has 5 rings (SSSR count). The highest BCUT2D eigenvalue weighted by molar-refractivity contribution is 5.84. The lowest BCUT2D eigenvalue weighted by Gasteiger charge is -2.06. The van der Waals surface area contributed by atoms with E-state index in [1.54, 1.807) is 24.8 Å². The fraction of sp³-hybridized carbons (Fsp3) is 0. The summed E-state index contributed by atoms with van der Waals surface area (Å²) in [6.07, 6.45) is 8.89. The van der Waals surface area contributed by atoms with E-state index in [-0.39, 0.29) is 0 Å². The molecule has 134 valence electrons. The Kier molecular flexibility index (Phi) is 3.99. The molecule has 1 aromatic carbocycles. The first kappa shape index (κ1) is 16.1. The van der Waals surface area contributed by atoms with Crippen LogP contribution in [0.25, 0.3) is 33.5 Å². The number of rotatable bonds is 4. The molecule has 0 unspecified atom stereocenters. The number of nitrogens with one attached hydrogen (secondary N) is 2. The van der Waals surface area contributed by atoms with Gasteiger partial charge in [-0.05, 0) is 54.1 Å². The molecule has 6 nitrogen and oxygen atoms in total. The fourth-order valence-electron chi connectivity index (χ4n) is 3.06. The lowest BCUT2D eigenvalue weighted by atomic mass is 10.1. The van der Waals surface area contributed by atoms with Crippen molar-refractivity contribution in [3.63, 3.8) is 0 Å². The van der Waals surface area contributed by atoms with Crippen molar-refractivity contribution in [2.75, 3.05) is 5.32 Å². The molecule has 0 amide bonds. The molecule has 28 heavy (non-hydrogen) atoms. The van der Waals surface area contributed by atoms with E-state index in [1.165, 1.54) is 0 Å². The number of imidazole rings is 1. The van der Waals surface area contributed by atoms with Gasteiger partial charge in [-0.1, -0.05) is 6.07 Å². The number of fused-ring (bicyclic) bond motifs is 1. The van der Waals surface area contributed by atoms with Crippen molar-refractivity contribution in [2.45, 2.75) is 0 Å². The van der Waals surface area contributed by atoms with Gasteiger partial charge in [-0.15, -0.1) is 0 Å². The Balaban J connectivity index is 1.42. The van der Waals surface area contributed by atoms with E-state index < -0.39 is 0 Å². The van der Waals surface area contributed by atoms with Crippen LogP contribution in [0.4, 0.5) is 11.5 Å². The maximum absolute atomic E-state index is 4.66. The smallest absolute Gasteiger partial charge is 0.138 e. The van der Waals surface area contributed by atoms with E-state index >= 15 is 0 Å². The van der Waals surface area contributed by atoms with Gasteiger partial charge in [0.15, 0.2) is 0 Å². The molecule has 5 aromatic rings. The minimum atomic E-state index is 0.789. The van der Waals surface area contributed by atoms with E-state index in [9.17, 15) is 0 Å². The zero-order valence-corrected chi connectivity index (χ0v) is 14.9. The van der Waals surface area contributed by atoms with Crippen LogP contribution in [-0.4, -0.2) is 24.9 Å². The average Bonchev–Trinajstić information content (AvgIpc) is 3.19. The summed E-state index contributed by atoms with van der Waals surface area (Å²) in [5, 5.41) is 3.26. The van der Waals surface area contributed by atoms with Crippen molar-refractivity contribution in [3.8, 4) is 22.5 Å². The fourth-order valence-corrected chi connectivity index (χ4v) is 3.06.